The predicted octanol–water partition coefficient (Wildman–Crippen LogP) is 3.43. The van der Waals surface area contributed by atoms with Gasteiger partial charge in [0.25, 0.3) is 0 Å². The molecule has 0 aliphatic carbocycles. The van der Waals surface area contributed by atoms with Crippen LogP contribution in [0.5, 0.6) is 0 Å². The van der Waals surface area contributed by atoms with Crippen LogP contribution in [0, 0.1) is 11.6 Å². The van der Waals surface area contributed by atoms with Crippen molar-refractivity contribution in [3.63, 3.8) is 0 Å². The Bertz CT molecular complexity index is 1230. The van der Waals surface area contributed by atoms with Crippen LogP contribution in [-0.4, -0.2) is 47.9 Å². The molecule has 3 aromatic rings. The lowest BCUT2D eigenvalue weighted by Gasteiger charge is -2.27. The predicted molar refractivity (Wildman–Crippen MR) is 139 cm³/mol. The summed E-state index contributed by atoms with van der Waals surface area (Å²) in [6.45, 7) is 1.17. The number of aliphatic hydroxyl groups excluding tert-OH is 2. The van der Waals surface area contributed by atoms with Crippen molar-refractivity contribution in [2.75, 3.05) is 13.7 Å². The molecule has 3 rings (SSSR count). The molecule has 0 bridgehead atoms. The number of hydrogen-bond acceptors (Lipinski definition) is 6. The second-order valence-electron chi connectivity index (χ2n) is 9.08. The first kappa shape index (κ1) is 28.9. The fourth-order valence-corrected chi connectivity index (χ4v) is 4.27. The molecule has 38 heavy (non-hydrogen) atoms. The minimum absolute atomic E-state index is 0.00451. The molecule has 0 aromatic heterocycles. The molecule has 3 aromatic carbocycles. The summed E-state index contributed by atoms with van der Waals surface area (Å²) in [6.07, 6.45) is -1.17. The summed E-state index contributed by atoms with van der Waals surface area (Å²) in [6, 6.07) is 16.6. The van der Waals surface area contributed by atoms with Gasteiger partial charge in [-0.25, -0.2) is 8.78 Å². The van der Waals surface area contributed by atoms with Gasteiger partial charge in [-0.1, -0.05) is 36.4 Å². The third-order valence-corrected chi connectivity index (χ3v) is 6.13. The van der Waals surface area contributed by atoms with Gasteiger partial charge < -0.3 is 25.6 Å². The Labute approximate surface area is 220 Å². The van der Waals surface area contributed by atoms with Crippen LogP contribution in [0.2, 0.25) is 0 Å². The van der Waals surface area contributed by atoms with Gasteiger partial charge in [-0.05, 0) is 58.5 Å². The first-order valence-electron chi connectivity index (χ1n) is 12.2. The number of benzene rings is 3. The summed E-state index contributed by atoms with van der Waals surface area (Å²) < 4.78 is 32.2. The molecule has 0 aliphatic rings. The van der Waals surface area contributed by atoms with Gasteiger partial charge in [-0.3, -0.25) is 9.59 Å². The van der Waals surface area contributed by atoms with E-state index in [1.165, 1.54) is 14.0 Å². The Morgan fingerprint density at radius 1 is 0.947 bits per heavy atom. The minimum Gasteiger partial charge on any atom is -0.469 e. The van der Waals surface area contributed by atoms with E-state index in [0.29, 0.717) is 0 Å². The largest absolute Gasteiger partial charge is 0.469 e. The van der Waals surface area contributed by atoms with Gasteiger partial charge in [-0.15, -0.1) is 0 Å². The van der Waals surface area contributed by atoms with Crippen LogP contribution in [0.4, 0.5) is 8.78 Å². The number of carbonyl (C=O) groups excluding carboxylic acids is 2. The van der Waals surface area contributed by atoms with Gasteiger partial charge in [0.1, 0.15) is 11.6 Å². The molecule has 4 N–H and O–H groups in total. The van der Waals surface area contributed by atoms with Crippen LogP contribution < -0.4 is 10.6 Å². The number of hydrogen-bond donors (Lipinski definition) is 4. The Hall–Kier alpha value is -3.66. The summed E-state index contributed by atoms with van der Waals surface area (Å²) in [5.41, 5.74) is 3.58. The first-order valence-corrected chi connectivity index (χ1v) is 12.2. The van der Waals surface area contributed by atoms with Gasteiger partial charge in [0.05, 0.1) is 32.3 Å². The van der Waals surface area contributed by atoms with Crippen LogP contribution in [0.3, 0.4) is 0 Å². The van der Waals surface area contributed by atoms with Crippen molar-refractivity contribution in [1.29, 1.82) is 0 Å². The molecule has 1 amide bonds. The zero-order valence-corrected chi connectivity index (χ0v) is 21.3. The van der Waals surface area contributed by atoms with Crippen LogP contribution in [0.15, 0.2) is 66.7 Å². The Balaban J connectivity index is 1.80. The summed E-state index contributed by atoms with van der Waals surface area (Å²) in [5.74, 6) is -2.37. The number of halogens is 2. The SMILES string of the molecule is COC(=O)CC(NC[C@@H](O)[C@H](Cc1cc(F)cc(F)c1)NC(C)=O)c1cccc(-c2cccc(CO)c2)c1. The van der Waals surface area contributed by atoms with E-state index in [0.717, 1.165) is 40.5 Å². The fourth-order valence-electron chi connectivity index (χ4n) is 4.27. The lowest BCUT2D eigenvalue weighted by molar-refractivity contribution is -0.141. The molecule has 202 valence electrons. The highest BCUT2D eigenvalue weighted by Crippen LogP contribution is 2.26. The summed E-state index contributed by atoms with van der Waals surface area (Å²) in [7, 11) is 1.29. The van der Waals surface area contributed by atoms with Crippen molar-refractivity contribution >= 4 is 11.9 Å². The number of amides is 1. The van der Waals surface area contributed by atoms with Gasteiger partial charge in [-0.2, -0.15) is 0 Å². The van der Waals surface area contributed by atoms with Gasteiger partial charge in [0.2, 0.25) is 5.91 Å². The van der Waals surface area contributed by atoms with E-state index in [2.05, 4.69) is 10.6 Å². The Morgan fingerprint density at radius 3 is 2.24 bits per heavy atom. The number of methoxy groups -OCH3 is 1. The summed E-state index contributed by atoms with van der Waals surface area (Å²) in [4.78, 5) is 24.0. The highest BCUT2D eigenvalue weighted by Gasteiger charge is 2.24. The quantitative estimate of drug-likeness (QED) is 0.270. The van der Waals surface area contributed by atoms with E-state index in [1.807, 2.05) is 48.5 Å². The zero-order chi connectivity index (χ0) is 27.7. The van der Waals surface area contributed by atoms with Crippen molar-refractivity contribution in [2.45, 2.75) is 44.6 Å². The molecule has 0 radical (unpaired) electrons. The molecule has 0 saturated heterocycles. The molecule has 0 heterocycles. The molecule has 7 nitrogen and oxygen atoms in total. The van der Waals surface area contributed by atoms with Gasteiger partial charge in [0.15, 0.2) is 0 Å². The van der Waals surface area contributed by atoms with Crippen LogP contribution >= 0.6 is 0 Å². The smallest absolute Gasteiger partial charge is 0.307 e. The highest BCUT2D eigenvalue weighted by atomic mass is 19.1. The monoisotopic (exact) mass is 526 g/mol. The average Bonchev–Trinajstić information content (AvgIpc) is 2.89. The highest BCUT2D eigenvalue weighted by molar-refractivity contribution is 5.73. The summed E-state index contributed by atoms with van der Waals surface area (Å²) in [5, 5.41) is 26.2. The maximum atomic E-state index is 13.7. The number of rotatable bonds is 12. The van der Waals surface area contributed by atoms with E-state index >= 15 is 0 Å². The van der Waals surface area contributed by atoms with Crippen LogP contribution in [0.25, 0.3) is 11.1 Å². The lowest BCUT2D eigenvalue weighted by Crippen LogP contribution is -2.48. The normalized spacial score (nSPS) is 13.4. The molecule has 1 unspecified atom stereocenters. The maximum Gasteiger partial charge on any atom is 0.307 e. The standard InChI is InChI=1S/C29H32F2N2O5/c1-18(35)33-27(12-20-10-24(30)14-25(31)11-20)28(36)16-32-26(15-29(37)38-2)23-8-4-7-22(13-23)21-6-3-5-19(9-21)17-34/h3-11,13-14,26-28,32,34,36H,12,15-17H2,1-2H3,(H,33,35)/t26?,27-,28+/m0/s1. The first-order chi connectivity index (χ1) is 18.2. The molecule has 0 fully saturated rings. The topological polar surface area (TPSA) is 108 Å². The van der Waals surface area contributed by atoms with Crippen molar-refractivity contribution in [1.82, 2.24) is 10.6 Å². The number of esters is 1. The molecule has 0 spiro atoms. The molecule has 0 saturated carbocycles. The van der Waals surface area contributed by atoms with E-state index in [4.69, 9.17) is 4.74 Å². The number of aliphatic hydroxyl groups is 2. The van der Waals surface area contributed by atoms with Gasteiger partial charge in [0, 0.05) is 25.6 Å². The van der Waals surface area contributed by atoms with Crippen LogP contribution in [0.1, 0.15) is 36.1 Å². The van der Waals surface area contributed by atoms with Crippen LogP contribution in [-0.2, 0) is 27.4 Å². The molecular weight excluding hydrogens is 494 g/mol. The molecule has 0 aliphatic heterocycles. The van der Waals surface area contributed by atoms with Crippen molar-refractivity contribution < 1.29 is 33.3 Å². The van der Waals surface area contributed by atoms with Crippen molar-refractivity contribution in [3.05, 3.63) is 95.1 Å². The van der Waals surface area contributed by atoms with Crippen molar-refractivity contribution in [2.24, 2.45) is 0 Å². The molecule has 9 heteroatoms. The zero-order valence-electron chi connectivity index (χ0n) is 21.3. The molecular formula is C29H32F2N2O5. The van der Waals surface area contributed by atoms with E-state index in [1.54, 1.807) is 0 Å². The number of ether oxygens (including phenoxy) is 1. The second kappa shape index (κ2) is 13.8. The minimum atomic E-state index is -1.14. The summed E-state index contributed by atoms with van der Waals surface area (Å²) >= 11 is 0. The fraction of sp³-hybridized carbons (Fsp3) is 0.310. The van der Waals surface area contributed by atoms with E-state index < -0.39 is 41.7 Å². The lowest BCUT2D eigenvalue weighted by atomic mass is 9.96. The molecule has 3 atom stereocenters. The third kappa shape index (κ3) is 8.44. The average molecular weight is 527 g/mol. The Kier molecular flexibility index (Phi) is 10.5. The number of carbonyl (C=O) groups is 2. The third-order valence-electron chi connectivity index (χ3n) is 6.13. The number of nitrogens with one attached hydrogen (secondary N) is 2. The second-order valence-corrected chi connectivity index (χ2v) is 9.08. The van der Waals surface area contributed by atoms with Crippen molar-refractivity contribution in [3.8, 4) is 11.1 Å². The van der Waals surface area contributed by atoms with Gasteiger partial charge >= 0.3 is 5.97 Å². The Morgan fingerprint density at radius 2 is 1.61 bits per heavy atom. The maximum absolute atomic E-state index is 13.7. The van der Waals surface area contributed by atoms with E-state index in [9.17, 15) is 28.6 Å². The van der Waals surface area contributed by atoms with E-state index in [-0.39, 0.29) is 31.6 Å².